The predicted molar refractivity (Wildman–Crippen MR) is 58.0 cm³/mol. The van der Waals surface area contributed by atoms with Gasteiger partial charge in [0.2, 0.25) is 5.91 Å². The monoisotopic (exact) mass is 234 g/mol. The predicted octanol–water partition coefficient (Wildman–Crippen LogP) is -0.725. The van der Waals surface area contributed by atoms with Gasteiger partial charge in [-0.05, 0) is 25.2 Å². The van der Waals surface area contributed by atoms with E-state index in [0.717, 1.165) is 25.5 Å². The van der Waals surface area contributed by atoms with Crippen LogP contribution in [0.4, 0.5) is 0 Å². The summed E-state index contributed by atoms with van der Waals surface area (Å²) in [4.78, 5) is 11.2. The van der Waals surface area contributed by atoms with Gasteiger partial charge in [0.05, 0.1) is 0 Å². The molecule has 88 valence electrons. The van der Waals surface area contributed by atoms with Crippen LogP contribution < -0.4 is 11.1 Å². The summed E-state index contributed by atoms with van der Waals surface area (Å²) < 4.78 is 21.6. The fourth-order valence-corrected chi connectivity index (χ4v) is 2.42. The van der Waals surface area contributed by atoms with E-state index in [-0.39, 0.29) is 6.04 Å². The average Bonchev–Trinajstić information content (AvgIpc) is 2.45. The standard InChI is InChI=1S/C9H18N2O3S/c1-15(13,14)6-9(12)11-5-7-2-3-8(10)4-7/h7-8H,2-6,10H2,1H3,(H,11,12). The summed E-state index contributed by atoms with van der Waals surface area (Å²) in [7, 11) is -3.22. The fourth-order valence-electron chi connectivity index (χ4n) is 1.85. The number of carbonyl (C=O) groups excluding carboxylic acids is 1. The molecule has 2 unspecified atom stereocenters. The molecular weight excluding hydrogens is 216 g/mol. The molecule has 0 aliphatic heterocycles. The summed E-state index contributed by atoms with van der Waals surface area (Å²) in [5, 5.41) is 2.63. The van der Waals surface area contributed by atoms with Crippen molar-refractivity contribution >= 4 is 15.7 Å². The second kappa shape index (κ2) is 4.94. The van der Waals surface area contributed by atoms with Gasteiger partial charge in [-0.3, -0.25) is 4.79 Å². The first kappa shape index (κ1) is 12.4. The van der Waals surface area contributed by atoms with Crippen LogP contribution in [0.15, 0.2) is 0 Å². The summed E-state index contributed by atoms with van der Waals surface area (Å²) in [5.41, 5.74) is 5.72. The second-order valence-corrected chi connectivity index (χ2v) is 6.45. The largest absolute Gasteiger partial charge is 0.355 e. The van der Waals surface area contributed by atoms with Gasteiger partial charge in [0.1, 0.15) is 5.75 Å². The molecule has 1 aliphatic rings. The molecular formula is C9H18N2O3S. The number of sulfone groups is 1. The zero-order valence-corrected chi connectivity index (χ0v) is 9.72. The highest BCUT2D eigenvalue weighted by atomic mass is 32.2. The van der Waals surface area contributed by atoms with Gasteiger partial charge in [0, 0.05) is 18.8 Å². The van der Waals surface area contributed by atoms with Crippen LogP contribution in [0.2, 0.25) is 0 Å². The van der Waals surface area contributed by atoms with E-state index in [1.807, 2.05) is 0 Å². The van der Waals surface area contributed by atoms with Gasteiger partial charge in [-0.25, -0.2) is 8.42 Å². The summed E-state index contributed by atoms with van der Waals surface area (Å²) in [6.45, 7) is 0.544. The van der Waals surface area contributed by atoms with Gasteiger partial charge in [-0.1, -0.05) is 0 Å². The van der Waals surface area contributed by atoms with Crippen LogP contribution in [0.1, 0.15) is 19.3 Å². The molecule has 0 spiro atoms. The van der Waals surface area contributed by atoms with Gasteiger partial charge in [0.15, 0.2) is 9.84 Å². The molecule has 0 aromatic rings. The minimum Gasteiger partial charge on any atom is -0.355 e. The Balaban J connectivity index is 2.23. The number of carbonyl (C=O) groups is 1. The molecule has 0 aromatic heterocycles. The van der Waals surface area contributed by atoms with Crippen molar-refractivity contribution in [2.75, 3.05) is 18.6 Å². The molecule has 0 heterocycles. The van der Waals surface area contributed by atoms with Crippen LogP contribution in [-0.2, 0) is 14.6 Å². The molecule has 1 aliphatic carbocycles. The summed E-state index contributed by atoms with van der Waals surface area (Å²) in [6.07, 6.45) is 3.98. The maximum absolute atomic E-state index is 11.2. The van der Waals surface area contributed by atoms with Crippen molar-refractivity contribution < 1.29 is 13.2 Å². The first-order valence-electron chi connectivity index (χ1n) is 5.07. The van der Waals surface area contributed by atoms with Gasteiger partial charge in [0.25, 0.3) is 0 Å². The van der Waals surface area contributed by atoms with E-state index in [4.69, 9.17) is 5.73 Å². The summed E-state index contributed by atoms with van der Waals surface area (Å²) in [6, 6.07) is 0.238. The highest BCUT2D eigenvalue weighted by molar-refractivity contribution is 7.91. The number of hydrogen-bond donors (Lipinski definition) is 2. The van der Waals surface area contributed by atoms with E-state index < -0.39 is 21.5 Å². The Bertz CT molecular complexity index is 326. The van der Waals surface area contributed by atoms with E-state index >= 15 is 0 Å². The van der Waals surface area contributed by atoms with Crippen LogP contribution in [0.25, 0.3) is 0 Å². The number of nitrogens with one attached hydrogen (secondary N) is 1. The van der Waals surface area contributed by atoms with Gasteiger partial charge < -0.3 is 11.1 Å². The smallest absolute Gasteiger partial charge is 0.235 e. The minimum absolute atomic E-state index is 0.238. The van der Waals surface area contributed by atoms with Crippen LogP contribution in [-0.4, -0.2) is 38.9 Å². The molecule has 0 aromatic carbocycles. The van der Waals surface area contributed by atoms with E-state index in [2.05, 4.69) is 5.32 Å². The van der Waals surface area contributed by atoms with Gasteiger partial charge in [-0.2, -0.15) is 0 Å². The third kappa shape index (κ3) is 5.13. The maximum atomic E-state index is 11.2. The number of hydrogen-bond acceptors (Lipinski definition) is 4. The van der Waals surface area contributed by atoms with Crippen molar-refractivity contribution in [3.05, 3.63) is 0 Å². The van der Waals surface area contributed by atoms with Crippen LogP contribution in [0, 0.1) is 5.92 Å². The molecule has 0 radical (unpaired) electrons. The molecule has 15 heavy (non-hydrogen) atoms. The fraction of sp³-hybridized carbons (Fsp3) is 0.889. The molecule has 1 saturated carbocycles. The third-order valence-electron chi connectivity index (χ3n) is 2.56. The lowest BCUT2D eigenvalue weighted by molar-refractivity contribution is -0.118. The van der Waals surface area contributed by atoms with E-state index in [9.17, 15) is 13.2 Å². The molecule has 0 bridgehead atoms. The number of nitrogens with two attached hydrogens (primary N) is 1. The molecule has 6 heteroatoms. The van der Waals surface area contributed by atoms with Crippen LogP contribution in [0.5, 0.6) is 0 Å². The average molecular weight is 234 g/mol. The molecule has 5 nitrogen and oxygen atoms in total. The summed E-state index contributed by atoms with van der Waals surface area (Å²) >= 11 is 0. The zero-order valence-electron chi connectivity index (χ0n) is 8.90. The van der Waals surface area contributed by atoms with Crippen LogP contribution in [0.3, 0.4) is 0 Å². The molecule has 1 amide bonds. The number of amides is 1. The molecule has 2 atom stereocenters. The Kier molecular flexibility index (Phi) is 4.10. The van der Waals surface area contributed by atoms with Crippen molar-refractivity contribution in [3.8, 4) is 0 Å². The lowest BCUT2D eigenvalue weighted by Gasteiger charge is -2.10. The lowest BCUT2D eigenvalue weighted by atomic mass is 10.1. The van der Waals surface area contributed by atoms with Gasteiger partial charge >= 0.3 is 0 Å². The number of rotatable bonds is 4. The first-order chi connectivity index (χ1) is 6.87. The highest BCUT2D eigenvalue weighted by Gasteiger charge is 2.22. The van der Waals surface area contributed by atoms with Crippen molar-refractivity contribution in [1.29, 1.82) is 0 Å². The molecule has 0 saturated heterocycles. The van der Waals surface area contributed by atoms with Crippen molar-refractivity contribution in [1.82, 2.24) is 5.32 Å². The van der Waals surface area contributed by atoms with E-state index in [0.29, 0.717) is 12.5 Å². The van der Waals surface area contributed by atoms with Gasteiger partial charge in [-0.15, -0.1) is 0 Å². The highest BCUT2D eigenvalue weighted by Crippen LogP contribution is 2.22. The Labute approximate surface area is 90.3 Å². The van der Waals surface area contributed by atoms with Crippen LogP contribution >= 0.6 is 0 Å². The third-order valence-corrected chi connectivity index (χ3v) is 3.35. The maximum Gasteiger partial charge on any atom is 0.235 e. The Hall–Kier alpha value is -0.620. The normalized spacial score (nSPS) is 26.5. The van der Waals surface area contributed by atoms with E-state index in [1.54, 1.807) is 0 Å². The Morgan fingerprint density at radius 1 is 1.47 bits per heavy atom. The van der Waals surface area contributed by atoms with Crippen molar-refractivity contribution in [2.45, 2.75) is 25.3 Å². The molecule has 1 rings (SSSR count). The van der Waals surface area contributed by atoms with E-state index in [1.165, 1.54) is 0 Å². The minimum atomic E-state index is -3.22. The Morgan fingerprint density at radius 2 is 2.13 bits per heavy atom. The molecule has 1 fully saturated rings. The topological polar surface area (TPSA) is 89.3 Å². The molecule has 3 N–H and O–H groups in total. The van der Waals surface area contributed by atoms with Crippen molar-refractivity contribution in [3.63, 3.8) is 0 Å². The quantitative estimate of drug-likeness (QED) is 0.671. The first-order valence-corrected chi connectivity index (χ1v) is 7.13. The lowest BCUT2D eigenvalue weighted by Crippen LogP contribution is -2.33. The van der Waals surface area contributed by atoms with Crippen molar-refractivity contribution in [2.24, 2.45) is 11.7 Å². The second-order valence-electron chi connectivity index (χ2n) is 4.31. The SMILES string of the molecule is CS(=O)(=O)CC(=O)NCC1CCC(N)C1. The summed E-state index contributed by atoms with van der Waals surface area (Å²) in [5.74, 6) is -0.437. The zero-order chi connectivity index (χ0) is 11.5. The Morgan fingerprint density at radius 3 is 2.60 bits per heavy atom.